The van der Waals surface area contributed by atoms with Crippen LogP contribution in [0.2, 0.25) is 10.0 Å². The number of ether oxygens (including phenoxy) is 2. The van der Waals surface area contributed by atoms with E-state index in [-0.39, 0.29) is 31.0 Å². The molecule has 1 aliphatic heterocycles. The third-order valence-electron chi connectivity index (χ3n) is 7.92. The molecular weight excluding hydrogens is 615 g/mol. The van der Waals surface area contributed by atoms with Gasteiger partial charge in [-0.3, -0.25) is 14.5 Å². The maximum Gasteiger partial charge on any atom is 0.406 e. The van der Waals surface area contributed by atoms with Crippen molar-refractivity contribution < 1.29 is 23.9 Å². The second kappa shape index (κ2) is 15.5. The number of hydrogen-bond donors (Lipinski definition) is 2. The van der Waals surface area contributed by atoms with Gasteiger partial charge in [-0.15, -0.1) is 0 Å². The Morgan fingerprint density at radius 3 is 2.51 bits per heavy atom. The van der Waals surface area contributed by atoms with Crippen molar-refractivity contribution in [2.45, 2.75) is 50.7 Å². The average molecular weight is 654 g/mol. The van der Waals surface area contributed by atoms with Crippen molar-refractivity contribution in [3.8, 4) is 5.75 Å². The zero-order valence-corrected chi connectivity index (χ0v) is 26.8. The molecule has 2 N–H and O–H groups in total. The first kappa shape index (κ1) is 32.6. The van der Waals surface area contributed by atoms with Crippen LogP contribution in [0.3, 0.4) is 0 Å². The number of halogens is 2. The summed E-state index contributed by atoms with van der Waals surface area (Å²) in [5.74, 6) is 0.493. The van der Waals surface area contributed by atoms with Gasteiger partial charge in [0.1, 0.15) is 11.8 Å². The lowest BCUT2D eigenvalue weighted by Crippen LogP contribution is -2.61. The summed E-state index contributed by atoms with van der Waals surface area (Å²) in [4.78, 5) is 42.2. The molecule has 238 valence electrons. The van der Waals surface area contributed by atoms with Crippen LogP contribution in [0.5, 0.6) is 5.75 Å². The van der Waals surface area contributed by atoms with Crippen molar-refractivity contribution in [2.24, 2.45) is 0 Å². The summed E-state index contributed by atoms with van der Waals surface area (Å²) in [6.07, 6.45) is 3.49. The predicted molar refractivity (Wildman–Crippen MR) is 175 cm³/mol. The Morgan fingerprint density at radius 2 is 1.78 bits per heavy atom. The standard InChI is InChI=1S/C34H38Cl2N4O5/c1-37-34(43)45-17-15-24-9-14-30(36)25(18-24)22-39(27-12-13-27)33(42)31-20-38-21-32(41)40(31)28-10-7-23(8-11-28)4-3-16-44-29-6-2-5-26(35)19-29/h2,5-11,14,18-19,27,31,38H,3-4,12-13,15-17,20-22H2,1H3,(H,37,43)/t31-/m1/s1. The molecule has 3 amide bonds. The minimum Gasteiger partial charge on any atom is -0.494 e. The van der Waals surface area contributed by atoms with Gasteiger partial charge in [0, 0.05) is 48.3 Å². The number of alkyl carbamates (subject to hydrolysis) is 1. The van der Waals surface area contributed by atoms with Crippen molar-refractivity contribution in [2.75, 3.05) is 38.3 Å². The van der Waals surface area contributed by atoms with Crippen LogP contribution >= 0.6 is 23.2 Å². The van der Waals surface area contributed by atoms with Crippen molar-refractivity contribution >= 4 is 46.8 Å². The van der Waals surface area contributed by atoms with Crippen molar-refractivity contribution in [3.63, 3.8) is 0 Å². The zero-order valence-electron chi connectivity index (χ0n) is 25.3. The fourth-order valence-electron chi connectivity index (χ4n) is 5.42. The van der Waals surface area contributed by atoms with Gasteiger partial charge in [-0.2, -0.15) is 0 Å². The molecule has 3 aromatic carbocycles. The van der Waals surface area contributed by atoms with E-state index >= 15 is 0 Å². The van der Waals surface area contributed by atoms with Gasteiger partial charge in [-0.25, -0.2) is 4.79 Å². The first-order valence-electron chi connectivity index (χ1n) is 15.2. The summed E-state index contributed by atoms with van der Waals surface area (Å²) in [6, 6.07) is 20.3. The second-order valence-electron chi connectivity index (χ2n) is 11.2. The van der Waals surface area contributed by atoms with Crippen LogP contribution in [0, 0.1) is 0 Å². The van der Waals surface area contributed by atoms with Crippen molar-refractivity contribution in [1.82, 2.24) is 15.5 Å². The molecule has 0 radical (unpaired) electrons. The Balaban J connectivity index is 1.23. The summed E-state index contributed by atoms with van der Waals surface area (Å²) >= 11 is 12.6. The molecule has 9 nitrogen and oxygen atoms in total. The molecule has 1 heterocycles. The highest BCUT2D eigenvalue weighted by atomic mass is 35.5. The van der Waals surface area contributed by atoms with Gasteiger partial charge in [-0.05, 0) is 78.8 Å². The fourth-order valence-corrected chi connectivity index (χ4v) is 5.78. The number of nitrogens with zero attached hydrogens (tertiary/aromatic N) is 2. The van der Waals surface area contributed by atoms with Gasteiger partial charge in [0.25, 0.3) is 0 Å². The van der Waals surface area contributed by atoms with Crippen LogP contribution < -0.4 is 20.3 Å². The van der Waals surface area contributed by atoms with E-state index in [1.165, 1.54) is 7.05 Å². The number of carbonyl (C=O) groups excluding carboxylic acids is 3. The van der Waals surface area contributed by atoms with Crippen molar-refractivity contribution in [1.29, 1.82) is 0 Å². The number of aryl methyl sites for hydroxylation is 1. The molecule has 0 unspecified atom stereocenters. The van der Waals surface area contributed by atoms with E-state index in [1.807, 2.05) is 65.6 Å². The molecule has 2 aliphatic rings. The van der Waals surface area contributed by atoms with Gasteiger partial charge >= 0.3 is 6.09 Å². The van der Waals surface area contributed by atoms with E-state index in [9.17, 15) is 14.4 Å². The van der Waals surface area contributed by atoms with Gasteiger partial charge in [-0.1, -0.05) is 53.5 Å². The Hall–Kier alpha value is -3.79. The molecule has 1 atom stereocenters. The number of nitrogens with one attached hydrogen (secondary N) is 2. The summed E-state index contributed by atoms with van der Waals surface area (Å²) in [6.45, 7) is 1.65. The van der Waals surface area contributed by atoms with Gasteiger partial charge in [0.05, 0.1) is 19.8 Å². The van der Waals surface area contributed by atoms with E-state index in [2.05, 4.69) is 10.6 Å². The monoisotopic (exact) mass is 652 g/mol. The lowest BCUT2D eigenvalue weighted by atomic mass is 10.0. The largest absolute Gasteiger partial charge is 0.494 e. The van der Waals surface area contributed by atoms with Crippen LogP contribution in [0.25, 0.3) is 0 Å². The van der Waals surface area contributed by atoms with Gasteiger partial charge in [0.2, 0.25) is 11.8 Å². The van der Waals surface area contributed by atoms with Crippen LogP contribution in [-0.4, -0.2) is 68.2 Å². The predicted octanol–water partition coefficient (Wildman–Crippen LogP) is 5.40. The highest BCUT2D eigenvalue weighted by molar-refractivity contribution is 6.31. The Bertz CT molecular complexity index is 1500. The van der Waals surface area contributed by atoms with Gasteiger partial charge in [0.15, 0.2) is 0 Å². The van der Waals surface area contributed by atoms with E-state index in [1.54, 1.807) is 11.0 Å². The van der Waals surface area contributed by atoms with E-state index in [4.69, 9.17) is 32.7 Å². The maximum absolute atomic E-state index is 14.1. The number of amides is 3. The normalized spacial score (nSPS) is 16.3. The fraction of sp³-hybridized carbons (Fsp3) is 0.382. The quantitative estimate of drug-likeness (QED) is 0.240. The lowest BCUT2D eigenvalue weighted by Gasteiger charge is -2.38. The Labute approximate surface area is 273 Å². The first-order valence-corrected chi connectivity index (χ1v) is 16.0. The molecule has 0 aromatic heterocycles. The third kappa shape index (κ3) is 8.90. The Kier molecular flexibility index (Phi) is 11.2. The topological polar surface area (TPSA) is 100 Å². The summed E-state index contributed by atoms with van der Waals surface area (Å²) in [7, 11) is 1.51. The molecule has 1 saturated heterocycles. The highest BCUT2D eigenvalue weighted by Gasteiger charge is 2.41. The van der Waals surface area contributed by atoms with Crippen LogP contribution in [0.4, 0.5) is 10.5 Å². The molecule has 1 saturated carbocycles. The molecule has 11 heteroatoms. The van der Waals surface area contributed by atoms with E-state index in [0.717, 1.165) is 48.1 Å². The molecule has 1 aliphatic carbocycles. The van der Waals surface area contributed by atoms with E-state index in [0.29, 0.717) is 41.8 Å². The minimum absolute atomic E-state index is 0.101. The second-order valence-corrected chi connectivity index (χ2v) is 12.1. The third-order valence-corrected chi connectivity index (χ3v) is 8.52. The number of hydrogen-bond acceptors (Lipinski definition) is 6. The first-order chi connectivity index (χ1) is 21.8. The van der Waals surface area contributed by atoms with E-state index < -0.39 is 12.1 Å². The molecule has 0 spiro atoms. The molecule has 3 aromatic rings. The molecule has 5 rings (SSSR count). The molecule has 45 heavy (non-hydrogen) atoms. The average Bonchev–Trinajstić information content (AvgIpc) is 3.89. The number of anilines is 1. The molecule has 2 fully saturated rings. The SMILES string of the molecule is CNC(=O)OCCc1ccc(Cl)c(CN(C(=O)[C@H]2CNCC(=O)N2c2ccc(CCCOc3cccc(Cl)c3)cc2)C2CC2)c1. The Morgan fingerprint density at radius 1 is 1.00 bits per heavy atom. The smallest absolute Gasteiger partial charge is 0.406 e. The van der Waals surface area contributed by atoms with Crippen LogP contribution in [0.1, 0.15) is 36.0 Å². The number of rotatable bonds is 13. The van der Waals surface area contributed by atoms with Crippen LogP contribution in [-0.2, 0) is 33.7 Å². The molecular formula is C34H38Cl2N4O5. The summed E-state index contributed by atoms with van der Waals surface area (Å²) in [5, 5.41) is 6.76. The lowest BCUT2D eigenvalue weighted by molar-refractivity contribution is -0.136. The number of piperazine rings is 1. The van der Waals surface area contributed by atoms with Gasteiger partial charge < -0.3 is 25.0 Å². The maximum atomic E-state index is 14.1. The van der Waals surface area contributed by atoms with Crippen LogP contribution in [0.15, 0.2) is 66.7 Å². The molecule has 0 bridgehead atoms. The highest BCUT2D eigenvalue weighted by Crippen LogP contribution is 2.32. The minimum atomic E-state index is -0.674. The zero-order chi connectivity index (χ0) is 31.8. The summed E-state index contributed by atoms with van der Waals surface area (Å²) in [5.41, 5.74) is 3.59. The summed E-state index contributed by atoms with van der Waals surface area (Å²) < 4.78 is 10.9. The number of benzene rings is 3. The van der Waals surface area contributed by atoms with Crippen molar-refractivity contribution in [3.05, 3.63) is 93.5 Å². The number of carbonyl (C=O) groups is 3.